The molecular formula is C19H18FN3O3. The minimum absolute atomic E-state index is 0.289. The number of methoxy groups -OCH3 is 2. The van der Waals surface area contributed by atoms with E-state index in [-0.39, 0.29) is 18.3 Å². The molecule has 6 nitrogen and oxygen atoms in total. The zero-order valence-electron chi connectivity index (χ0n) is 14.4. The van der Waals surface area contributed by atoms with Gasteiger partial charge in [0.1, 0.15) is 23.0 Å². The summed E-state index contributed by atoms with van der Waals surface area (Å²) in [6.07, 6.45) is 0. The normalized spacial score (nSPS) is 10.4. The van der Waals surface area contributed by atoms with Crippen LogP contribution in [0.15, 0.2) is 48.5 Å². The van der Waals surface area contributed by atoms with Gasteiger partial charge in [-0.05, 0) is 42.5 Å². The number of benzene rings is 2. The van der Waals surface area contributed by atoms with E-state index in [2.05, 4.69) is 15.5 Å². The summed E-state index contributed by atoms with van der Waals surface area (Å²) in [6, 6.07) is 12.9. The lowest BCUT2D eigenvalue weighted by atomic mass is 10.1. The molecule has 3 rings (SSSR count). The molecule has 26 heavy (non-hydrogen) atoms. The summed E-state index contributed by atoms with van der Waals surface area (Å²) >= 11 is 0. The molecule has 0 saturated carbocycles. The van der Waals surface area contributed by atoms with Crippen molar-refractivity contribution in [2.75, 3.05) is 14.2 Å². The minimum atomic E-state index is -0.323. The van der Waals surface area contributed by atoms with Gasteiger partial charge in [0.25, 0.3) is 5.91 Å². The van der Waals surface area contributed by atoms with Crippen molar-refractivity contribution in [1.29, 1.82) is 0 Å². The number of rotatable bonds is 6. The average Bonchev–Trinajstić information content (AvgIpc) is 3.16. The van der Waals surface area contributed by atoms with Crippen LogP contribution in [-0.4, -0.2) is 30.3 Å². The van der Waals surface area contributed by atoms with Gasteiger partial charge in [-0.15, -0.1) is 0 Å². The molecule has 1 aromatic heterocycles. The highest BCUT2D eigenvalue weighted by Crippen LogP contribution is 2.24. The fourth-order valence-corrected chi connectivity index (χ4v) is 2.48. The van der Waals surface area contributed by atoms with Gasteiger partial charge < -0.3 is 14.8 Å². The summed E-state index contributed by atoms with van der Waals surface area (Å²) in [5.74, 6) is 0.676. The Labute approximate surface area is 150 Å². The summed E-state index contributed by atoms with van der Waals surface area (Å²) in [7, 11) is 3.14. The smallest absolute Gasteiger partial charge is 0.269 e. The molecule has 134 valence electrons. The molecule has 0 aliphatic carbocycles. The maximum Gasteiger partial charge on any atom is 0.269 e. The third-order valence-corrected chi connectivity index (χ3v) is 3.90. The molecule has 2 aromatic carbocycles. The molecule has 0 unspecified atom stereocenters. The molecule has 1 heterocycles. The molecule has 0 fully saturated rings. The molecule has 7 heteroatoms. The summed E-state index contributed by atoms with van der Waals surface area (Å²) in [4.78, 5) is 12.3. The second-order valence-corrected chi connectivity index (χ2v) is 5.53. The van der Waals surface area contributed by atoms with E-state index < -0.39 is 0 Å². The minimum Gasteiger partial charge on any atom is -0.497 e. The van der Waals surface area contributed by atoms with E-state index in [1.54, 1.807) is 44.6 Å². The molecule has 0 aliphatic heterocycles. The second-order valence-electron chi connectivity index (χ2n) is 5.53. The van der Waals surface area contributed by atoms with Gasteiger partial charge in [0.2, 0.25) is 0 Å². The van der Waals surface area contributed by atoms with Crippen LogP contribution in [0.25, 0.3) is 11.3 Å². The van der Waals surface area contributed by atoms with Gasteiger partial charge in [-0.2, -0.15) is 5.10 Å². The Morgan fingerprint density at radius 3 is 2.58 bits per heavy atom. The first-order valence-electron chi connectivity index (χ1n) is 7.91. The van der Waals surface area contributed by atoms with Crippen molar-refractivity contribution in [2.45, 2.75) is 6.54 Å². The lowest BCUT2D eigenvalue weighted by Gasteiger charge is -2.10. The Bertz CT molecular complexity index is 907. The Kier molecular flexibility index (Phi) is 5.17. The van der Waals surface area contributed by atoms with Gasteiger partial charge in [-0.3, -0.25) is 9.89 Å². The SMILES string of the molecule is COc1ccc(CNC(=O)c2cc(-c3ccc(F)cc3)n[nH]2)c(OC)c1. The molecule has 2 N–H and O–H groups in total. The zero-order valence-corrected chi connectivity index (χ0v) is 14.4. The van der Waals surface area contributed by atoms with E-state index in [9.17, 15) is 9.18 Å². The second kappa shape index (κ2) is 7.69. The van der Waals surface area contributed by atoms with Crippen LogP contribution >= 0.6 is 0 Å². The van der Waals surface area contributed by atoms with Crippen molar-refractivity contribution >= 4 is 5.91 Å². The summed E-state index contributed by atoms with van der Waals surface area (Å²) in [5.41, 5.74) is 2.42. The van der Waals surface area contributed by atoms with E-state index in [4.69, 9.17) is 9.47 Å². The predicted octanol–water partition coefficient (Wildman–Crippen LogP) is 3.16. The highest BCUT2D eigenvalue weighted by Gasteiger charge is 2.12. The molecule has 1 amide bonds. The molecule has 0 bridgehead atoms. The lowest BCUT2D eigenvalue weighted by Crippen LogP contribution is -2.23. The number of hydrogen-bond donors (Lipinski definition) is 2. The zero-order chi connectivity index (χ0) is 18.5. The molecule has 0 atom stereocenters. The summed E-state index contributed by atoms with van der Waals surface area (Å²) in [5, 5.41) is 9.60. The Morgan fingerprint density at radius 1 is 1.12 bits per heavy atom. The average molecular weight is 355 g/mol. The van der Waals surface area contributed by atoms with E-state index in [0.717, 1.165) is 11.1 Å². The molecule has 0 spiro atoms. The number of aromatic nitrogens is 2. The van der Waals surface area contributed by atoms with Crippen LogP contribution in [0.2, 0.25) is 0 Å². The molecular weight excluding hydrogens is 337 g/mol. The van der Waals surface area contributed by atoms with E-state index in [1.165, 1.54) is 12.1 Å². The number of halogens is 1. The van der Waals surface area contributed by atoms with Crippen molar-refractivity contribution in [1.82, 2.24) is 15.5 Å². The first-order valence-corrected chi connectivity index (χ1v) is 7.91. The molecule has 3 aromatic rings. The maximum atomic E-state index is 13.0. The first-order chi connectivity index (χ1) is 12.6. The summed E-state index contributed by atoms with van der Waals surface area (Å²) < 4.78 is 23.5. The third kappa shape index (κ3) is 3.83. The molecule has 0 aliphatic rings. The third-order valence-electron chi connectivity index (χ3n) is 3.90. The van der Waals surface area contributed by atoms with Crippen LogP contribution < -0.4 is 14.8 Å². The van der Waals surface area contributed by atoms with Gasteiger partial charge in [0.15, 0.2) is 0 Å². The Balaban J connectivity index is 1.68. The Morgan fingerprint density at radius 2 is 1.88 bits per heavy atom. The van der Waals surface area contributed by atoms with Crippen LogP contribution in [0, 0.1) is 5.82 Å². The number of aromatic amines is 1. The number of carbonyl (C=O) groups is 1. The van der Waals surface area contributed by atoms with Gasteiger partial charge in [0, 0.05) is 23.7 Å². The van der Waals surface area contributed by atoms with Gasteiger partial charge >= 0.3 is 0 Å². The quantitative estimate of drug-likeness (QED) is 0.712. The largest absolute Gasteiger partial charge is 0.497 e. The number of H-pyrrole nitrogens is 1. The van der Waals surface area contributed by atoms with Gasteiger partial charge in [0.05, 0.1) is 19.9 Å². The highest BCUT2D eigenvalue weighted by molar-refractivity contribution is 5.93. The predicted molar refractivity (Wildman–Crippen MR) is 94.7 cm³/mol. The van der Waals surface area contributed by atoms with Crippen LogP contribution in [0.3, 0.4) is 0 Å². The van der Waals surface area contributed by atoms with E-state index in [1.807, 2.05) is 6.07 Å². The van der Waals surface area contributed by atoms with E-state index >= 15 is 0 Å². The monoisotopic (exact) mass is 355 g/mol. The van der Waals surface area contributed by atoms with Crippen molar-refractivity contribution in [3.05, 3.63) is 65.6 Å². The van der Waals surface area contributed by atoms with Crippen LogP contribution in [0.5, 0.6) is 11.5 Å². The fourth-order valence-electron chi connectivity index (χ4n) is 2.48. The van der Waals surface area contributed by atoms with E-state index in [0.29, 0.717) is 22.9 Å². The summed E-state index contributed by atoms with van der Waals surface area (Å²) in [6.45, 7) is 0.289. The highest BCUT2D eigenvalue weighted by atomic mass is 19.1. The van der Waals surface area contributed by atoms with Crippen molar-refractivity contribution in [3.63, 3.8) is 0 Å². The maximum absolute atomic E-state index is 13.0. The lowest BCUT2D eigenvalue weighted by molar-refractivity contribution is 0.0945. The molecule has 0 radical (unpaired) electrons. The van der Waals surface area contributed by atoms with Crippen molar-refractivity contribution < 1.29 is 18.7 Å². The topological polar surface area (TPSA) is 76.2 Å². The van der Waals surface area contributed by atoms with Crippen molar-refractivity contribution in [2.24, 2.45) is 0 Å². The number of nitrogens with one attached hydrogen (secondary N) is 2. The standard InChI is InChI=1S/C19H18FN3O3/c1-25-15-8-5-13(18(9-15)26-2)11-21-19(24)17-10-16(22-23-17)12-3-6-14(20)7-4-12/h3-10H,11H2,1-2H3,(H,21,24)(H,22,23). The Hall–Kier alpha value is -3.35. The number of amides is 1. The van der Waals surface area contributed by atoms with Crippen molar-refractivity contribution in [3.8, 4) is 22.8 Å². The first kappa shape index (κ1) is 17.5. The molecule has 0 saturated heterocycles. The van der Waals surface area contributed by atoms with Gasteiger partial charge in [-0.1, -0.05) is 0 Å². The number of hydrogen-bond acceptors (Lipinski definition) is 4. The fraction of sp³-hybridized carbons (Fsp3) is 0.158. The van der Waals surface area contributed by atoms with Gasteiger partial charge in [-0.25, -0.2) is 4.39 Å². The van der Waals surface area contributed by atoms with Crippen LogP contribution in [0.1, 0.15) is 16.1 Å². The number of nitrogens with zero attached hydrogens (tertiary/aromatic N) is 1. The number of ether oxygens (including phenoxy) is 2. The van der Waals surface area contributed by atoms with Crippen LogP contribution in [0.4, 0.5) is 4.39 Å². The van der Waals surface area contributed by atoms with Crippen LogP contribution in [-0.2, 0) is 6.54 Å². The number of carbonyl (C=O) groups excluding carboxylic acids is 1.